The van der Waals surface area contributed by atoms with Crippen LogP contribution in [0, 0.1) is 26.2 Å². The molecular formula is C30H33Cl3SiTi. The zero-order valence-electron chi connectivity index (χ0n) is 21.3. The summed E-state index contributed by atoms with van der Waals surface area (Å²) in [6.45, 7) is 13.7. The maximum atomic E-state index is 2.51. The summed E-state index contributed by atoms with van der Waals surface area (Å²) in [5.41, 5.74) is 5.66. The smallest absolute Gasteiger partial charge is 1.00 e. The molecule has 0 amide bonds. The van der Waals surface area contributed by atoms with Crippen molar-refractivity contribution >= 4 is 23.6 Å². The molecule has 0 spiro atoms. The predicted octanol–water partition coefficient (Wildman–Crippen LogP) is -3.19. The second-order valence-corrected chi connectivity index (χ2v) is 14.9. The van der Waals surface area contributed by atoms with E-state index in [2.05, 4.69) is 141 Å². The van der Waals surface area contributed by atoms with Gasteiger partial charge in [-0.2, -0.15) is 0 Å². The number of allylic oxidation sites excluding steroid dienone is 4. The van der Waals surface area contributed by atoms with Crippen LogP contribution in [0.25, 0.3) is 0 Å². The average molecular weight is 576 g/mol. The SMILES string of the molecule is Cc1cccc([Si](C2=[C]([Ti+3])C(C(C)(C)C)=CC2)(c2cccc(C)c2)c2cccc(C)c2)c1.[Cl-].[Cl-].[Cl-]. The average Bonchev–Trinajstić information content (AvgIpc) is 3.11. The van der Waals surface area contributed by atoms with Gasteiger partial charge in [-0.05, 0) is 0 Å². The van der Waals surface area contributed by atoms with Crippen LogP contribution in [0.2, 0.25) is 0 Å². The third-order valence-corrected chi connectivity index (χ3v) is 12.9. The summed E-state index contributed by atoms with van der Waals surface area (Å²) in [7, 11) is -2.44. The summed E-state index contributed by atoms with van der Waals surface area (Å²) >= 11 is 2.38. The fraction of sp³-hybridized carbons (Fsp3) is 0.267. The second-order valence-electron chi connectivity index (χ2n) is 10.3. The largest absolute Gasteiger partial charge is 1.00 e. The number of hydrogen-bond acceptors (Lipinski definition) is 0. The van der Waals surface area contributed by atoms with Crippen molar-refractivity contribution in [2.45, 2.75) is 48.0 Å². The molecule has 0 unspecified atom stereocenters. The fourth-order valence-electron chi connectivity index (χ4n) is 5.25. The van der Waals surface area contributed by atoms with Gasteiger partial charge in [0.1, 0.15) is 0 Å². The topological polar surface area (TPSA) is 0 Å². The molecule has 1 aliphatic rings. The molecule has 182 valence electrons. The van der Waals surface area contributed by atoms with Gasteiger partial charge in [0.2, 0.25) is 0 Å². The Morgan fingerprint density at radius 2 is 1.03 bits per heavy atom. The van der Waals surface area contributed by atoms with E-state index in [-0.39, 0.29) is 42.6 Å². The van der Waals surface area contributed by atoms with Crippen molar-refractivity contribution in [2.24, 2.45) is 5.41 Å². The zero-order valence-corrected chi connectivity index (χ0v) is 26.2. The van der Waals surface area contributed by atoms with Crippen LogP contribution in [0.15, 0.2) is 93.5 Å². The number of benzene rings is 3. The third kappa shape index (κ3) is 6.09. The van der Waals surface area contributed by atoms with Gasteiger partial charge >= 0.3 is 208 Å². The third-order valence-electron chi connectivity index (χ3n) is 6.70. The van der Waals surface area contributed by atoms with Crippen molar-refractivity contribution in [3.8, 4) is 0 Å². The van der Waals surface area contributed by atoms with Crippen LogP contribution in [0.4, 0.5) is 0 Å². The molecule has 0 heterocycles. The molecule has 0 atom stereocenters. The molecule has 0 fully saturated rings. The van der Waals surface area contributed by atoms with Crippen molar-refractivity contribution in [1.29, 1.82) is 0 Å². The molecule has 3 aromatic carbocycles. The predicted molar refractivity (Wildman–Crippen MR) is 137 cm³/mol. The van der Waals surface area contributed by atoms with Crippen molar-refractivity contribution in [3.63, 3.8) is 0 Å². The van der Waals surface area contributed by atoms with E-state index < -0.39 is 8.07 Å². The molecule has 1 aliphatic carbocycles. The Morgan fingerprint density at radius 3 is 1.31 bits per heavy atom. The molecule has 0 bridgehead atoms. The van der Waals surface area contributed by atoms with Crippen molar-refractivity contribution in [2.75, 3.05) is 0 Å². The summed E-state index contributed by atoms with van der Waals surface area (Å²) in [5, 5.41) is 6.12. The first-order valence-electron chi connectivity index (χ1n) is 11.5. The zero-order chi connectivity index (χ0) is 23.1. The van der Waals surface area contributed by atoms with Gasteiger partial charge in [0.25, 0.3) is 0 Å². The fourth-order valence-corrected chi connectivity index (χ4v) is 12.4. The van der Waals surface area contributed by atoms with Crippen LogP contribution < -0.4 is 52.8 Å². The summed E-state index contributed by atoms with van der Waals surface area (Å²) in [4.78, 5) is 0. The molecule has 0 N–H and O–H groups in total. The first kappa shape index (κ1) is 32.0. The van der Waals surface area contributed by atoms with E-state index in [1.165, 1.54) is 41.7 Å². The number of halogens is 3. The van der Waals surface area contributed by atoms with Gasteiger partial charge < -0.3 is 37.2 Å². The van der Waals surface area contributed by atoms with Crippen LogP contribution in [0.1, 0.15) is 43.9 Å². The number of rotatable bonds is 4. The van der Waals surface area contributed by atoms with Gasteiger partial charge in [-0.15, -0.1) is 0 Å². The minimum atomic E-state index is -2.44. The Hall–Kier alpha value is -1.06. The molecule has 0 saturated heterocycles. The van der Waals surface area contributed by atoms with Crippen LogP contribution in [-0.2, 0) is 20.4 Å². The van der Waals surface area contributed by atoms with Crippen LogP contribution >= 0.6 is 0 Å². The van der Waals surface area contributed by atoms with E-state index in [0.29, 0.717) is 0 Å². The van der Waals surface area contributed by atoms with Crippen LogP contribution in [-0.4, -0.2) is 8.07 Å². The molecule has 0 saturated carbocycles. The molecule has 0 nitrogen and oxygen atoms in total. The van der Waals surface area contributed by atoms with Crippen molar-refractivity contribution in [3.05, 3.63) is 110 Å². The molecule has 35 heavy (non-hydrogen) atoms. The maximum Gasteiger partial charge on any atom is -1.00 e. The Bertz CT molecular complexity index is 1130. The monoisotopic (exact) mass is 574 g/mol. The standard InChI is InChI=1S/C30H33Si.3ClH.Ti/c1-22-10-7-13-26(18-22)31(27-14-8-11-23(2)19-27,28-15-9-12-24(3)20-28)29-17-16-25(21-29)30(4,5)6;;;;/h7-16,18-20H,17H2,1-6H3;3*1H;/q;;;;+3/p-3. The van der Waals surface area contributed by atoms with Gasteiger partial charge in [-0.1, -0.05) is 0 Å². The van der Waals surface area contributed by atoms with Crippen LogP contribution in [0.3, 0.4) is 0 Å². The minimum Gasteiger partial charge on any atom is -1.00 e. The minimum absolute atomic E-state index is 0. The summed E-state index contributed by atoms with van der Waals surface area (Å²) < 4.78 is 1.51. The Balaban J connectivity index is 0.00000204. The van der Waals surface area contributed by atoms with E-state index >= 15 is 0 Å². The van der Waals surface area contributed by atoms with E-state index in [9.17, 15) is 0 Å². The Morgan fingerprint density at radius 1 is 0.657 bits per heavy atom. The van der Waals surface area contributed by atoms with E-state index in [1.54, 1.807) is 5.20 Å². The van der Waals surface area contributed by atoms with Crippen LogP contribution in [0.5, 0.6) is 0 Å². The van der Waals surface area contributed by atoms with Gasteiger partial charge in [-0.3, -0.25) is 0 Å². The molecule has 0 aromatic heterocycles. The number of hydrogen-bond donors (Lipinski definition) is 0. The van der Waals surface area contributed by atoms with E-state index in [1.807, 2.05) is 0 Å². The quantitative estimate of drug-likeness (QED) is 0.227. The van der Waals surface area contributed by atoms with Gasteiger partial charge in [0, 0.05) is 0 Å². The molecular weight excluding hydrogens is 543 g/mol. The van der Waals surface area contributed by atoms with Crippen molar-refractivity contribution in [1.82, 2.24) is 0 Å². The molecule has 3 aromatic rings. The summed E-state index contributed by atoms with van der Waals surface area (Å²) in [5.74, 6) is 0. The number of aryl methyl sites for hydroxylation is 3. The van der Waals surface area contributed by atoms with E-state index in [4.69, 9.17) is 0 Å². The van der Waals surface area contributed by atoms with E-state index in [0.717, 1.165) is 6.42 Å². The van der Waals surface area contributed by atoms with Gasteiger partial charge in [0.05, 0.1) is 0 Å². The maximum absolute atomic E-state index is 2.51. The Kier molecular flexibility index (Phi) is 11.4. The molecule has 5 heteroatoms. The second kappa shape index (κ2) is 12.5. The van der Waals surface area contributed by atoms with Gasteiger partial charge in [0.15, 0.2) is 0 Å². The summed E-state index contributed by atoms with van der Waals surface area (Å²) in [6.07, 6.45) is 3.55. The molecule has 4 rings (SSSR count). The first-order valence-corrected chi connectivity index (χ1v) is 14.3. The summed E-state index contributed by atoms with van der Waals surface area (Å²) in [6, 6.07) is 27.9. The van der Waals surface area contributed by atoms with Gasteiger partial charge in [-0.25, -0.2) is 0 Å². The molecule has 0 radical (unpaired) electrons. The Labute approximate surface area is 243 Å². The molecule has 0 aliphatic heterocycles. The first-order chi connectivity index (χ1) is 15.1. The van der Waals surface area contributed by atoms with Crippen molar-refractivity contribution < 1.29 is 57.7 Å². The normalized spacial score (nSPS) is 13.4.